The standard InChI is InChI=1S/C21H28N4OS2/c1-15-19(16(2)24-21(23-15)27-3)8-9-20(26)22-14-17-4-6-18(7-5-17)25-10-12-28-13-11-25/h4-7H,8-14H2,1-3H3,(H,22,26). The van der Waals surface area contributed by atoms with Gasteiger partial charge in [0.1, 0.15) is 0 Å². The maximum Gasteiger partial charge on any atom is 0.220 e. The zero-order chi connectivity index (χ0) is 19.9. The predicted molar refractivity (Wildman–Crippen MR) is 119 cm³/mol. The number of anilines is 1. The van der Waals surface area contributed by atoms with Crippen molar-refractivity contribution in [3.63, 3.8) is 0 Å². The summed E-state index contributed by atoms with van der Waals surface area (Å²) in [5.41, 5.74) is 5.42. The summed E-state index contributed by atoms with van der Waals surface area (Å²) in [5.74, 6) is 2.45. The summed E-state index contributed by atoms with van der Waals surface area (Å²) in [6, 6.07) is 8.55. The van der Waals surface area contributed by atoms with E-state index in [1.165, 1.54) is 17.2 Å². The third-order valence-corrected chi connectivity index (χ3v) is 6.48. The molecule has 150 valence electrons. The fourth-order valence-electron chi connectivity index (χ4n) is 3.34. The maximum atomic E-state index is 12.3. The first kappa shape index (κ1) is 21.0. The summed E-state index contributed by atoms with van der Waals surface area (Å²) in [6.07, 6.45) is 3.09. The fraction of sp³-hybridized carbons (Fsp3) is 0.476. The number of thioether (sulfide) groups is 2. The SMILES string of the molecule is CSc1nc(C)c(CCC(=O)NCc2ccc(N3CCSCC3)cc2)c(C)n1. The van der Waals surface area contributed by atoms with Gasteiger partial charge in [-0.1, -0.05) is 23.9 Å². The van der Waals surface area contributed by atoms with Crippen LogP contribution in [0, 0.1) is 13.8 Å². The average Bonchev–Trinajstić information content (AvgIpc) is 2.72. The highest BCUT2D eigenvalue weighted by atomic mass is 32.2. The van der Waals surface area contributed by atoms with Crippen LogP contribution in [0.25, 0.3) is 0 Å². The van der Waals surface area contributed by atoms with E-state index in [9.17, 15) is 4.79 Å². The molecule has 1 N–H and O–H groups in total. The quantitative estimate of drug-likeness (QED) is 0.550. The van der Waals surface area contributed by atoms with Gasteiger partial charge in [0.05, 0.1) is 0 Å². The number of aromatic nitrogens is 2. The molecule has 1 amide bonds. The molecular formula is C21H28N4OS2. The lowest BCUT2D eigenvalue weighted by atomic mass is 10.1. The summed E-state index contributed by atoms with van der Waals surface area (Å²) < 4.78 is 0. The molecule has 0 atom stereocenters. The van der Waals surface area contributed by atoms with Gasteiger partial charge >= 0.3 is 0 Å². The molecule has 1 saturated heterocycles. The van der Waals surface area contributed by atoms with E-state index in [2.05, 4.69) is 44.5 Å². The summed E-state index contributed by atoms with van der Waals surface area (Å²) in [5, 5.41) is 3.82. The molecule has 7 heteroatoms. The van der Waals surface area contributed by atoms with Crippen LogP contribution < -0.4 is 10.2 Å². The van der Waals surface area contributed by atoms with E-state index in [0.717, 1.165) is 40.8 Å². The van der Waals surface area contributed by atoms with Crippen molar-refractivity contribution in [3.8, 4) is 0 Å². The summed E-state index contributed by atoms with van der Waals surface area (Å²) >= 11 is 3.56. The van der Waals surface area contributed by atoms with Crippen LogP contribution in [0.2, 0.25) is 0 Å². The number of benzene rings is 1. The van der Waals surface area contributed by atoms with Gasteiger partial charge in [0.25, 0.3) is 0 Å². The van der Waals surface area contributed by atoms with E-state index in [1.54, 1.807) is 11.8 Å². The zero-order valence-corrected chi connectivity index (χ0v) is 18.5. The fourth-order valence-corrected chi connectivity index (χ4v) is 4.70. The summed E-state index contributed by atoms with van der Waals surface area (Å²) in [6.45, 7) is 6.77. The molecule has 2 heterocycles. The minimum atomic E-state index is 0.0601. The van der Waals surface area contributed by atoms with Crippen LogP contribution in [-0.2, 0) is 17.8 Å². The van der Waals surface area contributed by atoms with Gasteiger partial charge in [-0.3, -0.25) is 4.79 Å². The van der Waals surface area contributed by atoms with E-state index in [1.807, 2.05) is 31.9 Å². The van der Waals surface area contributed by atoms with Crippen LogP contribution in [0.4, 0.5) is 5.69 Å². The highest BCUT2D eigenvalue weighted by molar-refractivity contribution is 7.99. The molecule has 0 spiro atoms. The third-order valence-electron chi connectivity index (χ3n) is 4.99. The van der Waals surface area contributed by atoms with Crippen LogP contribution in [0.5, 0.6) is 0 Å². The van der Waals surface area contributed by atoms with Crippen molar-refractivity contribution in [1.82, 2.24) is 15.3 Å². The summed E-state index contributed by atoms with van der Waals surface area (Å²) in [4.78, 5) is 23.7. The van der Waals surface area contributed by atoms with Crippen molar-refractivity contribution < 1.29 is 4.79 Å². The maximum absolute atomic E-state index is 12.3. The Balaban J connectivity index is 1.48. The highest BCUT2D eigenvalue weighted by Crippen LogP contribution is 2.20. The van der Waals surface area contributed by atoms with Crippen LogP contribution in [0.15, 0.2) is 29.4 Å². The van der Waals surface area contributed by atoms with Crippen LogP contribution in [0.3, 0.4) is 0 Å². The number of nitrogens with zero attached hydrogens (tertiary/aromatic N) is 3. The Morgan fingerprint density at radius 1 is 1.14 bits per heavy atom. The molecule has 1 aliphatic rings. The molecule has 2 aromatic rings. The number of nitrogens with one attached hydrogen (secondary N) is 1. The first-order valence-electron chi connectivity index (χ1n) is 9.63. The van der Waals surface area contributed by atoms with Gasteiger partial charge in [-0.2, -0.15) is 11.8 Å². The topological polar surface area (TPSA) is 58.1 Å². The molecular weight excluding hydrogens is 388 g/mol. The molecule has 0 saturated carbocycles. The monoisotopic (exact) mass is 416 g/mol. The van der Waals surface area contributed by atoms with Gasteiger partial charge in [-0.15, -0.1) is 0 Å². The second-order valence-corrected chi connectivity index (χ2v) is 8.90. The lowest BCUT2D eigenvalue weighted by molar-refractivity contribution is -0.121. The average molecular weight is 417 g/mol. The van der Waals surface area contributed by atoms with Gasteiger partial charge < -0.3 is 10.2 Å². The van der Waals surface area contributed by atoms with E-state index in [-0.39, 0.29) is 5.91 Å². The second kappa shape index (κ2) is 10.2. The molecule has 1 fully saturated rings. The largest absolute Gasteiger partial charge is 0.370 e. The Morgan fingerprint density at radius 2 is 1.79 bits per heavy atom. The Labute approximate surface area is 176 Å². The molecule has 3 rings (SSSR count). The van der Waals surface area contributed by atoms with Crippen molar-refractivity contribution >= 4 is 35.1 Å². The van der Waals surface area contributed by atoms with Gasteiger partial charge in [-0.25, -0.2) is 9.97 Å². The zero-order valence-electron chi connectivity index (χ0n) is 16.8. The molecule has 0 radical (unpaired) electrons. The smallest absolute Gasteiger partial charge is 0.220 e. The molecule has 5 nitrogen and oxygen atoms in total. The predicted octanol–water partition coefficient (Wildman–Crippen LogP) is 3.62. The number of rotatable bonds is 7. The molecule has 1 aliphatic heterocycles. The van der Waals surface area contributed by atoms with Gasteiger partial charge in [0.2, 0.25) is 5.91 Å². The van der Waals surface area contributed by atoms with Crippen LogP contribution in [0.1, 0.15) is 28.9 Å². The summed E-state index contributed by atoms with van der Waals surface area (Å²) in [7, 11) is 0. The van der Waals surface area contributed by atoms with Gasteiger partial charge in [0, 0.05) is 54.6 Å². The van der Waals surface area contributed by atoms with Crippen molar-refractivity contribution in [3.05, 3.63) is 46.8 Å². The minimum Gasteiger partial charge on any atom is -0.370 e. The minimum absolute atomic E-state index is 0.0601. The Hall–Kier alpha value is -1.73. The first-order chi connectivity index (χ1) is 13.6. The van der Waals surface area contributed by atoms with Crippen molar-refractivity contribution in [2.75, 3.05) is 35.8 Å². The molecule has 28 heavy (non-hydrogen) atoms. The highest BCUT2D eigenvalue weighted by Gasteiger charge is 2.12. The molecule has 0 bridgehead atoms. The first-order valence-corrected chi connectivity index (χ1v) is 12.0. The van der Waals surface area contributed by atoms with Gasteiger partial charge in [-0.05, 0) is 49.8 Å². The van der Waals surface area contributed by atoms with Crippen molar-refractivity contribution in [2.45, 2.75) is 38.4 Å². The van der Waals surface area contributed by atoms with Crippen LogP contribution >= 0.6 is 23.5 Å². The van der Waals surface area contributed by atoms with E-state index < -0.39 is 0 Å². The Kier molecular flexibility index (Phi) is 7.62. The van der Waals surface area contributed by atoms with Crippen molar-refractivity contribution in [1.29, 1.82) is 0 Å². The van der Waals surface area contributed by atoms with Crippen LogP contribution in [-0.4, -0.2) is 46.7 Å². The molecule has 1 aromatic carbocycles. The second-order valence-electron chi connectivity index (χ2n) is 6.90. The molecule has 0 unspecified atom stereocenters. The van der Waals surface area contributed by atoms with E-state index >= 15 is 0 Å². The number of carbonyl (C=O) groups excluding carboxylic acids is 1. The molecule has 0 aliphatic carbocycles. The lowest BCUT2D eigenvalue weighted by Crippen LogP contribution is -2.32. The number of aryl methyl sites for hydroxylation is 2. The van der Waals surface area contributed by atoms with Crippen molar-refractivity contribution in [2.24, 2.45) is 0 Å². The van der Waals surface area contributed by atoms with E-state index in [0.29, 0.717) is 19.4 Å². The number of carbonyl (C=O) groups is 1. The number of hydrogen-bond acceptors (Lipinski definition) is 6. The number of amides is 1. The normalized spacial score (nSPS) is 14.2. The Bertz CT molecular complexity index is 782. The van der Waals surface area contributed by atoms with E-state index in [4.69, 9.17) is 0 Å². The Morgan fingerprint density at radius 3 is 2.39 bits per heavy atom. The molecule has 1 aromatic heterocycles. The van der Waals surface area contributed by atoms with Gasteiger partial charge in [0.15, 0.2) is 5.16 Å². The lowest BCUT2D eigenvalue weighted by Gasteiger charge is -2.28. The number of hydrogen-bond donors (Lipinski definition) is 1. The third kappa shape index (κ3) is 5.64.